The summed E-state index contributed by atoms with van der Waals surface area (Å²) in [6.45, 7) is 0.408. The van der Waals surface area contributed by atoms with Crippen LogP contribution in [0.25, 0.3) is 0 Å². The average Bonchev–Trinajstić information content (AvgIpc) is 3.48. The van der Waals surface area contributed by atoms with Crippen LogP contribution in [-0.2, 0) is 16.1 Å². The molecular weight excluding hydrogens is 330 g/mol. The van der Waals surface area contributed by atoms with Crippen molar-refractivity contribution >= 4 is 17.5 Å². The van der Waals surface area contributed by atoms with Gasteiger partial charge in [0.25, 0.3) is 0 Å². The van der Waals surface area contributed by atoms with E-state index in [1.807, 2.05) is 30.3 Å². The molecule has 0 radical (unpaired) electrons. The van der Waals surface area contributed by atoms with E-state index in [4.69, 9.17) is 10.00 Å². The van der Waals surface area contributed by atoms with Crippen molar-refractivity contribution in [3.05, 3.63) is 59.7 Å². The Kier molecular flexibility index (Phi) is 5.18. The molecule has 0 heterocycles. The van der Waals surface area contributed by atoms with Gasteiger partial charge in [-0.15, -0.1) is 0 Å². The van der Waals surface area contributed by atoms with Gasteiger partial charge in [-0.05, 0) is 36.2 Å². The smallest absolute Gasteiger partial charge is 0.228 e. The molecule has 2 aromatic carbocycles. The number of amides is 2. The lowest BCUT2D eigenvalue weighted by Crippen LogP contribution is -2.27. The summed E-state index contributed by atoms with van der Waals surface area (Å²) in [4.78, 5) is 24.5. The third-order valence-corrected chi connectivity index (χ3v) is 4.40. The molecule has 0 aromatic heterocycles. The lowest BCUT2D eigenvalue weighted by molar-refractivity contribution is -0.125. The molecule has 2 amide bonds. The van der Waals surface area contributed by atoms with Crippen molar-refractivity contribution < 1.29 is 14.3 Å². The van der Waals surface area contributed by atoms with E-state index in [0.717, 1.165) is 11.3 Å². The van der Waals surface area contributed by atoms with E-state index in [1.165, 1.54) is 0 Å². The molecular formula is C20H19N3O3. The fraction of sp³-hybridized carbons (Fsp3) is 0.250. The van der Waals surface area contributed by atoms with Gasteiger partial charge in [-0.2, -0.15) is 5.26 Å². The number of hydrogen-bond acceptors (Lipinski definition) is 4. The molecule has 0 saturated heterocycles. The second kappa shape index (κ2) is 7.70. The maximum atomic E-state index is 12.3. The zero-order valence-electron chi connectivity index (χ0n) is 14.4. The number of nitriles is 1. The predicted octanol–water partition coefficient (Wildman–Crippen LogP) is 2.46. The summed E-state index contributed by atoms with van der Waals surface area (Å²) in [5, 5.41) is 14.7. The zero-order valence-corrected chi connectivity index (χ0v) is 14.4. The van der Waals surface area contributed by atoms with E-state index in [2.05, 4.69) is 10.6 Å². The van der Waals surface area contributed by atoms with Gasteiger partial charge in [0.2, 0.25) is 11.8 Å². The van der Waals surface area contributed by atoms with E-state index >= 15 is 0 Å². The first-order valence-electron chi connectivity index (χ1n) is 8.33. The van der Waals surface area contributed by atoms with Crippen molar-refractivity contribution in [2.24, 2.45) is 11.8 Å². The lowest BCUT2D eigenvalue weighted by atomic mass is 10.2. The van der Waals surface area contributed by atoms with Crippen LogP contribution in [0.5, 0.6) is 5.75 Å². The Bertz CT molecular complexity index is 855. The second-order valence-electron chi connectivity index (χ2n) is 6.16. The molecule has 6 nitrogen and oxygen atoms in total. The van der Waals surface area contributed by atoms with E-state index in [1.54, 1.807) is 31.4 Å². The summed E-state index contributed by atoms with van der Waals surface area (Å²) in [7, 11) is 1.60. The Morgan fingerprint density at radius 3 is 2.50 bits per heavy atom. The number of benzene rings is 2. The molecule has 0 spiro atoms. The zero-order chi connectivity index (χ0) is 18.5. The van der Waals surface area contributed by atoms with E-state index < -0.39 is 0 Å². The molecule has 0 aliphatic heterocycles. The highest BCUT2D eigenvalue weighted by Gasteiger charge is 2.48. The number of nitrogens with one attached hydrogen (secondary N) is 2. The lowest BCUT2D eigenvalue weighted by Gasteiger charge is -2.08. The summed E-state index contributed by atoms with van der Waals surface area (Å²) >= 11 is 0. The SMILES string of the molecule is COc1ccc(CNC(=O)C2CC2C(=O)Nc2ccccc2C#N)cc1. The first kappa shape index (κ1) is 17.5. The molecule has 2 unspecified atom stereocenters. The summed E-state index contributed by atoms with van der Waals surface area (Å²) in [5.41, 5.74) is 1.84. The van der Waals surface area contributed by atoms with Gasteiger partial charge in [0.05, 0.1) is 30.2 Å². The molecule has 26 heavy (non-hydrogen) atoms. The number of carbonyl (C=O) groups excluding carboxylic acids is 2. The van der Waals surface area contributed by atoms with Crippen molar-refractivity contribution in [2.45, 2.75) is 13.0 Å². The Morgan fingerprint density at radius 1 is 1.12 bits per heavy atom. The summed E-state index contributed by atoms with van der Waals surface area (Å²) in [5.74, 6) is -0.261. The van der Waals surface area contributed by atoms with Crippen LogP contribution in [0.2, 0.25) is 0 Å². The highest BCUT2D eigenvalue weighted by Crippen LogP contribution is 2.39. The molecule has 1 aliphatic rings. The number of methoxy groups -OCH3 is 1. The quantitative estimate of drug-likeness (QED) is 0.838. The fourth-order valence-corrected chi connectivity index (χ4v) is 2.75. The van der Waals surface area contributed by atoms with Crippen molar-refractivity contribution in [1.29, 1.82) is 5.26 Å². The van der Waals surface area contributed by atoms with Crippen molar-refractivity contribution in [3.63, 3.8) is 0 Å². The molecule has 1 fully saturated rings. The Labute approximate surface area is 151 Å². The van der Waals surface area contributed by atoms with E-state index in [9.17, 15) is 9.59 Å². The molecule has 132 valence electrons. The molecule has 0 bridgehead atoms. The van der Waals surface area contributed by atoms with Crippen LogP contribution in [0, 0.1) is 23.2 Å². The summed E-state index contributed by atoms with van der Waals surface area (Å²) in [6.07, 6.45) is 0.523. The van der Waals surface area contributed by atoms with Gasteiger partial charge in [0, 0.05) is 6.54 Å². The number of para-hydroxylation sites is 1. The van der Waals surface area contributed by atoms with Crippen molar-refractivity contribution in [2.75, 3.05) is 12.4 Å². The van der Waals surface area contributed by atoms with Crippen LogP contribution in [0.1, 0.15) is 17.5 Å². The van der Waals surface area contributed by atoms with Crippen molar-refractivity contribution in [3.8, 4) is 11.8 Å². The minimum absolute atomic E-state index is 0.130. The van der Waals surface area contributed by atoms with Gasteiger partial charge in [-0.3, -0.25) is 9.59 Å². The molecule has 3 rings (SSSR count). The minimum Gasteiger partial charge on any atom is -0.497 e. The highest BCUT2D eigenvalue weighted by atomic mass is 16.5. The van der Waals surface area contributed by atoms with E-state index in [0.29, 0.717) is 24.2 Å². The molecule has 1 aliphatic carbocycles. The van der Waals surface area contributed by atoms with Crippen LogP contribution in [-0.4, -0.2) is 18.9 Å². The number of ether oxygens (including phenoxy) is 1. The maximum Gasteiger partial charge on any atom is 0.228 e. The van der Waals surface area contributed by atoms with Crippen LogP contribution in [0.15, 0.2) is 48.5 Å². The predicted molar refractivity (Wildman–Crippen MR) is 96.2 cm³/mol. The number of carbonyl (C=O) groups is 2. The monoisotopic (exact) mass is 349 g/mol. The van der Waals surface area contributed by atoms with Crippen LogP contribution in [0.3, 0.4) is 0 Å². The molecule has 6 heteroatoms. The Hall–Kier alpha value is -3.33. The van der Waals surface area contributed by atoms with Gasteiger partial charge >= 0.3 is 0 Å². The maximum absolute atomic E-state index is 12.3. The molecule has 2 atom stereocenters. The number of nitrogens with zero attached hydrogens (tertiary/aromatic N) is 1. The Morgan fingerprint density at radius 2 is 1.81 bits per heavy atom. The fourth-order valence-electron chi connectivity index (χ4n) is 2.75. The molecule has 2 N–H and O–H groups in total. The van der Waals surface area contributed by atoms with Crippen molar-refractivity contribution in [1.82, 2.24) is 5.32 Å². The van der Waals surface area contributed by atoms with Crippen LogP contribution in [0.4, 0.5) is 5.69 Å². The van der Waals surface area contributed by atoms with Crippen LogP contribution >= 0.6 is 0 Å². The normalized spacial score (nSPS) is 17.7. The first-order chi connectivity index (χ1) is 12.6. The largest absolute Gasteiger partial charge is 0.497 e. The summed E-state index contributed by atoms with van der Waals surface area (Å²) < 4.78 is 5.10. The molecule has 1 saturated carbocycles. The topological polar surface area (TPSA) is 91.2 Å². The number of hydrogen-bond donors (Lipinski definition) is 2. The van der Waals surface area contributed by atoms with Gasteiger partial charge in [0.15, 0.2) is 0 Å². The minimum atomic E-state index is -0.349. The number of anilines is 1. The average molecular weight is 349 g/mol. The standard InChI is InChI=1S/C20H19N3O3/c1-26-15-8-6-13(7-9-15)12-22-19(24)16-10-17(16)20(25)23-18-5-3-2-4-14(18)11-21/h2-9,16-17H,10,12H2,1H3,(H,22,24)(H,23,25). The highest BCUT2D eigenvalue weighted by molar-refractivity contribution is 6.00. The molecule has 2 aromatic rings. The Balaban J connectivity index is 1.50. The number of rotatable bonds is 6. The van der Waals surface area contributed by atoms with E-state index in [-0.39, 0.29) is 23.7 Å². The van der Waals surface area contributed by atoms with Gasteiger partial charge in [0.1, 0.15) is 11.8 Å². The second-order valence-corrected chi connectivity index (χ2v) is 6.16. The summed E-state index contributed by atoms with van der Waals surface area (Å²) in [6, 6.07) is 16.3. The van der Waals surface area contributed by atoms with Gasteiger partial charge in [-0.1, -0.05) is 24.3 Å². The van der Waals surface area contributed by atoms with Crippen LogP contribution < -0.4 is 15.4 Å². The third-order valence-electron chi connectivity index (χ3n) is 4.40. The first-order valence-corrected chi connectivity index (χ1v) is 8.33. The third kappa shape index (κ3) is 4.01. The van der Waals surface area contributed by atoms with Gasteiger partial charge < -0.3 is 15.4 Å². The van der Waals surface area contributed by atoms with Gasteiger partial charge in [-0.25, -0.2) is 0 Å².